The molecule has 0 saturated carbocycles. The van der Waals surface area contributed by atoms with E-state index >= 15 is 0 Å². The fourth-order valence-electron chi connectivity index (χ4n) is 3.91. The summed E-state index contributed by atoms with van der Waals surface area (Å²) in [6.07, 6.45) is 2.98. The summed E-state index contributed by atoms with van der Waals surface area (Å²) in [4.78, 5) is 26.4. The zero-order valence-corrected chi connectivity index (χ0v) is 15.6. The molecule has 2 heterocycles. The Bertz CT molecular complexity index is 928. The Kier molecular flexibility index (Phi) is 4.12. The molecule has 0 saturated heterocycles. The van der Waals surface area contributed by atoms with E-state index in [9.17, 15) is 9.59 Å². The van der Waals surface area contributed by atoms with Crippen molar-refractivity contribution in [3.8, 4) is 11.1 Å². The molecule has 0 aliphatic carbocycles. The van der Waals surface area contributed by atoms with E-state index in [-0.39, 0.29) is 6.04 Å². The normalized spacial score (nSPS) is 21.4. The minimum Gasteiger partial charge on any atom is -0.401 e. The molecular formula is C22H21NO4. The second kappa shape index (κ2) is 6.35. The van der Waals surface area contributed by atoms with Gasteiger partial charge in [0.25, 0.3) is 0 Å². The van der Waals surface area contributed by atoms with Gasteiger partial charge in [-0.1, -0.05) is 48.0 Å². The summed E-state index contributed by atoms with van der Waals surface area (Å²) in [5.74, 6) is -2.80. The molecule has 0 amide bonds. The summed E-state index contributed by atoms with van der Waals surface area (Å²) in [5.41, 5.74) is 4.70. The molecule has 0 fully saturated rings. The van der Waals surface area contributed by atoms with E-state index in [2.05, 4.69) is 6.07 Å². The first-order valence-electron chi connectivity index (χ1n) is 8.97. The first-order valence-corrected chi connectivity index (χ1v) is 8.97. The van der Waals surface area contributed by atoms with Gasteiger partial charge in [-0.15, -0.1) is 0 Å². The van der Waals surface area contributed by atoms with Gasteiger partial charge >= 0.3 is 17.8 Å². The van der Waals surface area contributed by atoms with Gasteiger partial charge in [0, 0.05) is 18.2 Å². The summed E-state index contributed by atoms with van der Waals surface area (Å²) in [7, 11) is 1.81. The number of benzene rings is 2. The highest BCUT2D eigenvalue weighted by Gasteiger charge is 2.53. The third kappa shape index (κ3) is 2.84. The van der Waals surface area contributed by atoms with Gasteiger partial charge in [0.1, 0.15) is 0 Å². The average molecular weight is 363 g/mol. The van der Waals surface area contributed by atoms with Gasteiger partial charge in [-0.2, -0.15) is 0 Å². The molecule has 0 aromatic heterocycles. The Balaban J connectivity index is 2.03. The van der Waals surface area contributed by atoms with Gasteiger partial charge in [-0.25, -0.2) is 14.5 Å². The van der Waals surface area contributed by atoms with Gasteiger partial charge in [0.2, 0.25) is 0 Å². The molecule has 2 aromatic carbocycles. The lowest BCUT2D eigenvalue weighted by molar-refractivity contribution is -0.296. The number of fused-ring (bicyclic) bond motifs is 2. The highest BCUT2D eigenvalue weighted by atomic mass is 16.8. The van der Waals surface area contributed by atoms with Crippen molar-refractivity contribution in [2.24, 2.45) is 0 Å². The summed E-state index contributed by atoms with van der Waals surface area (Å²) in [5, 5.41) is 0. The Morgan fingerprint density at radius 1 is 1.04 bits per heavy atom. The smallest absolute Gasteiger partial charge is 0.350 e. The van der Waals surface area contributed by atoms with Crippen LogP contribution < -0.4 is 0 Å². The van der Waals surface area contributed by atoms with Crippen molar-refractivity contribution in [3.63, 3.8) is 0 Å². The summed E-state index contributed by atoms with van der Waals surface area (Å²) >= 11 is 0. The van der Waals surface area contributed by atoms with Crippen molar-refractivity contribution < 1.29 is 19.1 Å². The van der Waals surface area contributed by atoms with Crippen LogP contribution in [0.15, 0.2) is 54.6 Å². The predicted octanol–water partition coefficient (Wildman–Crippen LogP) is 3.30. The first kappa shape index (κ1) is 17.5. The highest BCUT2D eigenvalue weighted by Crippen LogP contribution is 2.45. The predicted molar refractivity (Wildman–Crippen MR) is 101 cm³/mol. The number of aryl methyl sites for hydroxylation is 1. The van der Waals surface area contributed by atoms with Crippen LogP contribution in [-0.2, 0) is 31.4 Å². The Hall–Kier alpha value is -2.92. The number of nitrogens with zero attached hydrogens (tertiary/aromatic N) is 1. The van der Waals surface area contributed by atoms with Gasteiger partial charge in [-0.3, -0.25) is 0 Å². The number of hydrogen-bond acceptors (Lipinski definition) is 5. The van der Waals surface area contributed by atoms with E-state index in [1.807, 2.05) is 62.2 Å². The largest absolute Gasteiger partial charge is 0.401 e. The van der Waals surface area contributed by atoms with E-state index < -0.39 is 17.8 Å². The molecule has 1 spiro atoms. The molecule has 4 rings (SSSR count). The molecular weight excluding hydrogens is 342 g/mol. The maximum atomic E-state index is 12.3. The fraction of sp³-hybridized carbons (Fsp3) is 0.273. The number of carbonyl (C=O) groups excluding carboxylic acids is 2. The molecule has 5 nitrogen and oxygen atoms in total. The lowest BCUT2D eigenvalue weighted by atomic mass is 9.84. The quantitative estimate of drug-likeness (QED) is 0.728. The van der Waals surface area contributed by atoms with Crippen LogP contribution in [0.1, 0.15) is 23.6 Å². The van der Waals surface area contributed by atoms with Crippen molar-refractivity contribution >= 4 is 11.9 Å². The molecule has 1 unspecified atom stereocenters. The summed E-state index contributed by atoms with van der Waals surface area (Å²) in [6, 6.07) is 14.0. The van der Waals surface area contributed by atoms with Crippen molar-refractivity contribution in [2.75, 3.05) is 7.05 Å². The number of carbonyl (C=O) groups is 2. The van der Waals surface area contributed by atoms with Crippen LogP contribution in [0.25, 0.3) is 11.1 Å². The molecule has 5 heteroatoms. The first-order chi connectivity index (χ1) is 12.9. The van der Waals surface area contributed by atoms with Crippen molar-refractivity contribution in [3.05, 3.63) is 71.3 Å². The van der Waals surface area contributed by atoms with Crippen LogP contribution in [-0.4, -0.2) is 29.9 Å². The SMILES string of the molecule is Cc1cc2c(c(-c3ccccc3)c1)C1(OC(=O)C=CC(=O)O1)N(C)C(C)C2. The molecule has 0 bridgehead atoms. The highest BCUT2D eigenvalue weighted by molar-refractivity contribution is 5.93. The van der Waals surface area contributed by atoms with Crippen LogP contribution >= 0.6 is 0 Å². The number of likely N-dealkylation sites (N-methyl/N-ethyl adjacent to an activating group) is 1. The summed E-state index contributed by atoms with van der Waals surface area (Å²) < 4.78 is 11.6. The number of rotatable bonds is 1. The zero-order chi connectivity index (χ0) is 19.2. The number of esters is 2. The molecule has 0 radical (unpaired) electrons. The van der Waals surface area contributed by atoms with E-state index in [1.165, 1.54) is 0 Å². The molecule has 2 aliphatic rings. The lowest BCUT2D eigenvalue weighted by Crippen LogP contribution is -2.57. The average Bonchev–Trinajstić information content (AvgIpc) is 2.79. The third-order valence-electron chi connectivity index (χ3n) is 5.24. The van der Waals surface area contributed by atoms with Gasteiger partial charge in [-0.05, 0) is 44.0 Å². The number of ether oxygens (including phenoxy) is 2. The number of hydrogen-bond donors (Lipinski definition) is 0. The molecule has 2 aromatic rings. The van der Waals surface area contributed by atoms with Crippen molar-refractivity contribution in [2.45, 2.75) is 32.2 Å². The maximum Gasteiger partial charge on any atom is 0.350 e. The van der Waals surface area contributed by atoms with E-state index in [0.29, 0.717) is 5.56 Å². The monoisotopic (exact) mass is 363 g/mol. The second-order valence-electron chi connectivity index (χ2n) is 7.13. The van der Waals surface area contributed by atoms with Crippen molar-refractivity contribution in [1.29, 1.82) is 0 Å². The van der Waals surface area contributed by atoms with Gasteiger partial charge < -0.3 is 9.47 Å². The molecule has 1 atom stereocenters. The fourth-order valence-corrected chi connectivity index (χ4v) is 3.91. The second-order valence-corrected chi connectivity index (χ2v) is 7.13. The van der Waals surface area contributed by atoms with Gasteiger partial charge in [0.05, 0.1) is 5.56 Å². The van der Waals surface area contributed by atoms with Crippen LogP contribution in [0.3, 0.4) is 0 Å². The maximum absolute atomic E-state index is 12.3. The Morgan fingerprint density at radius 2 is 1.67 bits per heavy atom. The van der Waals surface area contributed by atoms with Crippen LogP contribution in [0, 0.1) is 6.92 Å². The van der Waals surface area contributed by atoms with E-state index in [4.69, 9.17) is 9.47 Å². The van der Waals surface area contributed by atoms with Crippen LogP contribution in [0.2, 0.25) is 0 Å². The zero-order valence-electron chi connectivity index (χ0n) is 15.6. The lowest BCUT2D eigenvalue weighted by Gasteiger charge is -2.46. The topological polar surface area (TPSA) is 55.8 Å². The molecule has 138 valence electrons. The minimum atomic E-state index is -1.59. The third-order valence-corrected chi connectivity index (χ3v) is 5.24. The standard InChI is InChI=1S/C22H21NO4/c1-14-11-17-13-15(2)23(3)22(26-19(24)9-10-20(25)27-22)21(17)18(12-14)16-7-5-4-6-8-16/h4-12,15H,13H2,1-3H3. The summed E-state index contributed by atoms with van der Waals surface area (Å²) in [6.45, 7) is 4.06. The Morgan fingerprint density at radius 3 is 2.30 bits per heavy atom. The molecule has 0 N–H and O–H groups in total. The van der Waals surface area contributed by atoms with E-state index in [0.717, 1.165) is 40.8 Å². The van der Waals surface area contributed by atoms with Gasteiger partial charge in [0.15, 0.2) is 0 Å². The minimum absolute atomic E-state index is 0.0154. The van der Waals surface area contributed by atoms with Crippen LogP contribution in [0.4, 0.5) is 0 Å². The van der Waals surface area contributed by atoms with E-state index in [1.54, 1.807) is 0 Å². The van der Waals surface area contributed by atoms with Crippen molar-refractivity contribution in [1.82, 2.24) is 4.90 Å². The molecule has 27 heavy (non-hydrogen) atoms. The Labute approximate surface area is 158 Å². The molecule has 2 aliphatic heterocycles. The van der Waals surface area contributed by atoms with Crippen LogP contribution in [0.5, 0.6) is 0 Å².